The van der Waals surface area contributed by atoms with E-state index in [1.807, 2.05) is 0 Å². The number of nitrogens with one attached hydrogen (secondary N) is 2. The fourth-order valence-corrected chi connectivity index (χ4v) is 4.17. The first kappa shape index (κ1) is 25.7. The zero-order valence-electron chi connectivity index (χ0n) is 16.4. The van der Waals surface area contributed by atoms with Gasteiger partial charge in [-0.1, -0.05) is 0 Å². The minimum atomic E-state index is -2.07. The minimum absolute atomic E-state index is 0.0814. The minimum Gasteiger partial charge on any atom is -0.395 e. The van der Waals surface area contributed by atoms with E-state index in [0.29, 0.717) is 0 Å². The molecule has 13 nitrogen and oxygen atoms in total. The normalized spacial score (nSPS) is 48.5. The SMILES string of the molecule is OC[C@H](CN[C@H]1CC(O)(CO)[C@@H](O)[C@H](O)C1O)NC1CC(O)(CO)[C@@H](O)[C@H](O)[C@@H]1O. The highest BCUT2D eigenvalue weighted by molar-refractivity contribution is 5.06. The van der Waals surface area contributed by atoms with Gasteiger partial charge in [-0.25, -0.2) is 0 Å². The molecule has 0 bridgehead atoms. The van der Waals surface area contributed by atoms with E-state index < -0.39 is 85.8 Å². The third-order valence-corrected chi connectivity index (χ3v) is 6.26. The Labute approximate surface area is 172 Å². The maximum Gasteiger partial charge on any atom is 0.118 e. The maximum absolute atomic E-state index is 10.3. The zero-order chi connectivity index (χ0) is 22.9. The summed E-state index contributed by atoms with van der Waals surface area (Å²) >= 11 is 0. The Morgan fingerprint density at radius 2 is 1.13 bits per heavy atom. The van der Waals surface area contributed by atoms with Crippen LogP contribution in [0.2, 0.25) is 0 Å². The molecule has 0 radical (unpaired) electrons. The standard InChI is InChI=1S/C17H34N2O11/c20-4-7(19-9-2-17(30,6-22)15(28)13(26)11(9)24)3-18-8-1-16(29,5-21)14(27)12(25)10(8)23/h7-15,18-30H,1-6H2/t7-,8-,9?,10?,11+,12+,13+,14-,15-,16?,17?/m0/s1. The zero-order valence-corrected chi connectivity index (χ0v) is 16.4. The van der Waals surface area contributed by atoms with Crippen LogP contribution in [-0.4, -0.2) is 148 Å². The van der Waals surface area contributed by atoms with Crippen LogP contribution in [0.4, 0.5) is 0 Å². The molecule has 0 heterocycles. The van der Waals surface area contributed by atoms with Gasteiger partial charge in [-0.05, 0) is 12.8 Å². The van der Waals surface area contributed by atoms with Crippen LogP contribution < -0.4 is 10.6 Å². The summed E-state index contributed by atoms with van der Waals surface area (Å²) in [6, 6.07) is -2.79. The van der Waals surface area contributed by atoms with Crippen LogP contribution >= 0.6 is 0 Å². The van der Waals surface area contributed by atoms with Crippen molar-refractivity contribution in [3.05, 3.63) is 0 Å². The molecule has 0 amide bonds. The fraction of sp³-hybridized carbons (Fsp3) is 1.00. The largest absolute Gasteiger partial charge is 0.395 e. The van der Waals surface area contributed by atoms with Crippen LogP contribution in [0, 0.1) is 0 Å². The number of rotatable bonds is 8. The van der Waals surface area contributed by atoms with Crippen molar-refractivity contribution < 1.29 is 56.2 Å². The van der Waals surface area contributed by atoms with Crippen LogP contribution in [0.15, 0.2) is 0 Å². The molecule has 2 rings (SSSR count). The van der Waals surface area contributed by atoms with E-state index in [0.717, 1.165) is 0 Å². The molecule has 2 fully saturated rings. The lowest BCUT2D eigenvalue weighted by Gasteiger charge is -2.47. The molecule has 13 N–H and O–H groups in total. The van der Waals surface area contributed by atoms with Gasteiger partial charge in [0.15, 0.2) is 0 Å². The summed E-state index contributed by atoms with van der Waals surface area (Å²) < 4.78 is 0. The van der Waals surface area contributed by atoms with Crippen LogP contribution in [-0.2, 0) is 0 Å². The summed E-state index contributed by atoms with van der Waals surface area (Å²) in [6.07, 6.45) is -10.7. The predicted molar refractivity (Wildman–Crippen MR) is 98.9 cm³/mol. The Balaban J connectivity index is 2.02. The van der Waals surface area contributed by atoms with Crippen LogP contribution in [0.25, 0.3) is 0 Å². The molecule has 30 heavy (non-hydrogen) atoms. The molecule has 0 aromatic heterocycles. The average Bonchev–Trinajstić information content (AvgIpc) is 2.74. The van der Waals surface area contributed by atoms with Gasteiger partial charge < -0.3 is 66.8 Å². The molecule has 0 aromatic rings. The number of hydrogen-bond acceptors (Lipinski definition) is 13. The monoisotopic (exact) mass is 442 g/mol. The molecule has 0 aromatic carbocycles. The molecule has 2 saturated carbocycles. The third kappa shape index (κ3) is 4.94. The van der Waals surface area contributed by atoms with Crippen molar-refractivity contribution >= 4 is 0 Å². The highest BCUT2D eigenvalue weighted by atomic mass is 16.4. The molecule has 0 aliphatic heterocycles. The molecule has 178 valence electrons. The predicted octanol–water partition coefficient (Wildman–Crippen LogP) is -7.32. The van der Waals surface area contributed by atoms with Crippen LogP contribution in [0.5, 0.6) is 0 Å². The highest BCUT2D eigenvalue weighted by Crippen LogP contribution is 2.31. The van der Waals surface area contributed by atoms with Crippen molar-refractivity contribution in [3.8, 4) is 0 Å². The molecular weight excluding hydrogens is 408 g/mol. The number of aliphatic hydroxyl groups is 11. The molecule has 4 unspecified atom stereocenters. The van der Waals surface area contributed by atoms with E-state index in [2.05, 4.69) is 10.6 Å². The van der Waals surface area contributed by atoms with Gasteiger partial charge in [0.25, 0.3) is 0 Å². The smallest absolute Gasteiger partial charge is 0.118 e. The van der Waals surface area contributed by atoms with Gasteiger partial charge in [0.1, 0.15) is 35.6 Å². The lowest BCUT2D eigenvalue weighted by Crippen LogP contribution is -2.69. The Morgan fingerprint density at radius 3 is 1.57 bits per heavy atom. The van der Waals surface area contributed by atoms with E-state index >= 15 is 0 Å². The van der Waals surface area contributed by atoms with Crippen molar-refractivity contribution in [2.45, 2.75) is 78.8 Å². The Hall–Kier alpha value is -0.520. The van der Waals surface area contributed by atoms with Crippen LogP contribution in [0.1, 0.15) is 12.8 Å². The quantitative estimate of drug-likeness (QED) is 0.167. The fourth-order valence-electron chi connectivity index (χ4n) is 4.17. The Morgan fingerprint density at radius 1 is 0.700 bits per heavy atom. The topological polar surface area (TPSA) is 247 Å². The molecule has 2 aliphatic carbocycles. The third-order valence-electron chi connectivity index (χ3n) is 6.26. The maximum atomic E-state index is 10.3. The van der Waals surface area contributed by atoms with E-state index in [1.165, 1.54) is 0 Å². The van der Waals surface area contributed by atoms with Gasteiger partial charge in [-0.2, -0.15) is 0 Å². The summed E-state index contributed by atoms with van der Waals surface area (Å²) in [5.74, 6) is 0. The molecule has 13 heteroatoms. The summed E-state index contributed by atoms with van der Waals surface area (Å²) in [5, 5.41) is 114. The van der Waals surface area contributed by atoms with Crippen molar-refractivity contribution in [2.75, 3.05) is 26.4 Å². The Kier molecular flexibility index (Phi) is 8.54. The van der Waals surface area contributed by atoms with E-state index in [4.69, 9.17) is 0 Å². The molecule has 2 aliphatic rings. The molecular formula is C17H34N2O11. The lowest BCUT2D eigenvalue weighted by molar-refractivity contribution is -0.208. The van der Waals surface area contributed by atoms with Gasteiger partial charge >= 0.3 is 0 Å². The first-order valence-corrected chi connectivity index (χ1v) is 9.79. The van der Waals surface area contributed by atoms with E-state index in [-0.39, 0.29) is 19.4 Å². The average molecular weight is 442 g/mol. The highest BCUT2D eigenvalue weighted by Gasteiger charge is 2.52. The van der Waals surface area contributed by atoms with E-state index in [1.54, 1.807) is 0 Å². The first-order chi connectivity index (χ1) is 13.9. The van der Waals surface area contributed by atoms with Gasteiger partial charge in [-0.15, -0.1) is 0 Å². The van der Waals surface area contributed by atoms with Crippen molar-refractivity contribution in [3.63, 3.8) is 0 Å². The first-order valence-electron chi connectivity index (χ1n) is 9.79. The molecule has 11 atom stereocenters. The second kappa shape index (κ2) is 9.95. The van der Waals surface area contributed by atoms with Crippen molar-refractivity contribution in [2.24, 2.45) is 0 Å². The number of hydrogen-bond donors (Lipinski definition) is 13. The van der Waals surface area contributed by atoms with Gasteiger partial charge in [0.2, 0.25) is 0 Å². The molecule has 0 saturated heterocycles. The Bertz CT molecular complexity index is 560. The van der Waals surface area contributed by atoms with Crippen molar-refractivity contribution in [1.29, 1.82) is 0 Å². The van der Waals surface area contributed by atoms with Crippen molar-refractivity contribution in [1.82, 2.24) is 10.6 Å². The number of aliphatic hydroxyl groups excluding tert-OH is 9. The molecule has 0 spiro atoms. The van der Waals surface area contributed by atoms with Crippen LogP contribution in [0.3, 0.4) is 0 Å². The van der Waals surface area contributed by atoms with Gasteiger partial charge in [0.05, 0.1) is 32.0 Å². The summed E-state index contributed by atoms with van der Waals surface area (Å²) in [5.41, 5.74) is -4.11. The lowest BCUT2D eigenvalue weighted by atomic mass is 9.76. The van der Waals surface area contributed by atoms with Gasteiger partial charge in [-0.3, -0.25) is 0 Å². The second-order valence-electron chi connectivity index (χ2n) is 8.45. The second-order valence-corrected chi connectivity index (χ2v) is 8.45. The summed E-state index contributed by atoms with van der Waals surface area (Å²) in [6.45, 7) is -2.30. The summed E-state index contributed by atoms with van der Waals surface area (Å²) in [7, 11) is 0. The van der Waals surface area contributed by atoms with Gasteiger partial charge in [0, 0.05) is 24.7 Å². The summed E-state index contributed by atoms with van der Waals surface area (Å²) in [4.78, 5) is 0. The van der Waals surface area contributed by atoms with E-state index in [9.17, 15) is 56.2 Å².